The van der Waals surface area contributed by atoms with Crippen LogP contribution in [0.4, 0.5) is 34.6 Å². The second-order valence-corrected chi connectivity index (χ2v) is 11.0. The molecule has 13 heteroatoms. The second kappa shape index (κ2) is 10.8. The first-order chi connectivity index (χ1) is 19.5. The lowest BCUT2D eigenvalue weighted by Gasteiger charge is -2.18. The fourth-order valence-electron chi connectivity index (χ4n) is 4.23. The van der Waals surface area contributed by atoms with Crippen molar-refractivity contribution < 1.29 is 26.0 Å². The Morgan fingerprint density at radius 3 is 2.44 bits per heavy atom. The largest absolute Gasteiger partial charge is 0.418 e. The molecule has 0 amide bonds. The Morgan fingerprint density at radius 1 is 1.00 bits per heavy atom. The topological polar surface area (TPSA) is 99.8 Å². The molecular formula is C28H18ClF4N5O2S. The normalized spacial score (nSPS) is 11.8. The van der Waals surface area contributed by atoms with Crippen molar-refractivity contribution in [2.24, 2.45) is 0 Å². The Labute approximate surface area is 236 Å². The monoisotopic (exact) mass is 599 g/mol. The minimum absolute atomic E-state index is 0.00403. The molecule has 7 nitrogen and oxygen atoms in total. The third kappa shape index (κ3) is 5.54. The summed E-state index contributed by atoms with van der Waals surface area (Å²) in [5, 5.41) is 15.1. The molecule has 41 heavy (non-hydrogen) atoms. The maximum atomic E-state index is 14.2. The molecule has 2 N–H and O–H groups in total. The number of nitriles is 1. The van der Waals surface area contributed by atoms with E-state index >= 15 is 0 Å². The summed E-state index contributed by atoms with van der Waals surface area (Å²) in [6.45, 7) is -0.149. The standard InChI is InChI=1S/C28H18ClF4N5O2S/c29-24-13-18(8-9-25(24)30)37-26-17(14-34)15-36-27-22(26)11-19(12-23(27)28(31,32)33)35-16-20-5-4-10-38(20)41(39,40)21-6-2-1-3-7-21/h1-13,15,35H,16H2,(H,36,37). The first-order valence-corrected chi connectivity index (χ1v) is 13.7. The molecule has 0 aliphatic heterocycles. The zero-order chi connectivity index (χ0) is 29.4. The minimum atomic E-state index is -4.82. The Hall–Kier alpha value is -4.60. The van der Waals surface area contributed by atoms with Gasteiger partial charge in [-0.05, 0) is 54.6 Å². The summed E-state index contributed by atoms with van der Waals surface area (Å²) >= 11 is 5.86. The van der Waals surface area contributed by atoms with Gasteiger partial charge in [0.1, 0.15) is 11.9 Å². The summed E-state index contributed by atoms with van der Waals surface area (Å²) in [5.74, 6) is -0.692. The molecule has 2 aromatic heterocycles. The van der Waals surface area contributed by atoms with Crippen LogP contribution in [0.15, 0.2) is 90.1 Å². The van der Waals surface area contributed by atoms with Gasteiger partial charge in [-0.3, -0.25) is 4.98 Å². The number of benzene rings is 3. The molecule has 3 aromatic carbocycles. The zero-order valence-electron chi connectivity index (χ0n) is 20.7. The molecule has 0 saturated carbocycles. The van der Waals surface area contributed by atoms with Crippen molar-refractivity contribution in [3.63, 3.8) is 0 Å². The predicted octanol–water partition coefficient (Wildman–Crippen LogP) is 7.31. The Balaban J connectivity index is 1.58. The summed E-state index contributed by atoms with van der Waals surface area (Å²) in [4.78, 5) is 3.95. The number of alkyl halides is 3. The lowest BCUT2D eigenvalue weighted by molar-refractivity contribution is -0.136. The van der Waals surface area contributed by atoms with E-state index in [0.717, 1.165) is 22.3 Å². The zero-order valence-corrected chi connectivity index (χ0v) is 22.3. The maximum Gasteiger partial charge on any atom is 0.418 e. The molecule has 0 saturated heterocycles. The van der Waals surface area contributed by atoms with Gasteiger partial charge in [0.25, 0.3) is 10.0 Å². The number of rotatable bonds is 7. The maximum absolute atomic E-state index is 14.2. The summed E-state index contributed by atoms with van der Waals surface area (Å²) in [7, 11) is -3.95. The van der Waals surface area contributed by atoms with E-state index in [1.54, 1.807) is 18.2 Å². The highest BCUT2D eigenvalue weighted by molar-refractivity contribution is 7.90. The number of hydrogen-bond donors (Lipinski definition) is 2. The third-order valence-corrected chi connectivity index (χ3v) is 8.18. The molecule has 0 atom stereocenters. The number of pyridine rings is 1. The van der Waals surface area contributed by atoms with E-state index in [9.17, 15) is 31.2 Å². The van der Waals surface area contributed by atoms with E-state index in [0.29, 0.717) is 0 Å². The van der Waals surface area contributed by atoms with Gasteiger partial charge in [0.2, 0.25) is 0 Å². The van der Waals surface area contributed by atoms with Crippen molar-refractivity contribution in [1.29, 1.82) is 5.26 Å². The fraction of sp³-hybridized carbons (Fsp3) is 0.0714. The Kier molecular flexibility index (Phi) is 7.33. The number of halogens is 5. The lowest BCUT2D eigenvalue weighted by atomic mass is 10.0. The molecule has 0 aliphatic carbocycles. The molecule has 0 bridgehead atoms. The van der Waals surface area contributed by atoms with E-state index < -0.39 is 33.1 Å². The number of anilines is 3. The van der Waals surface area contributed by atoms with Crippen LogP contribution in [-0.4, -0.2) is 17.4 Å². The van der Waals surface area contributed by atoms with Gasteiger partial charge < -0.3 is 10.6 Å². The summed E-state index contributed by atoms with van der Waals surface area (Å²) < 4.78 is 83.5. The molecule has 208 valence electrons. The van der Waals surface area contributed by atoms with Crippen LogP contribution in [0.5, 0.6) is 0 Å². The van der Waals surface area contributed by atoms with Crippen LogP contribution in [0.3, 0.4) is 0 Å². The van der Waals surface area contributed by atoms with Crippen LogP contribution in [0.1, 0.15) is 16.8 Å². The van der Waals surface area contributed by atoms with Gasteiger partial charge in [0, 0.05) is 29.2 Å². The first-order valence-electron chi connectivity index (χ1n) is 11.9. The summed E-state index contributed by atoms with van der Waals surface area (Å²) in [6, 6.07) is 18.5. The highest BCUT2D eigenvalue weighted by Crippen LogP contribution is 2.40. The van der Waals surface area contributed by atoms with Gasteiger partial charge in [0.05, 0.1) is 44.5 Å². The van der Waals surface area contributed by atoms with Gasteiger partial charge in [-0.15, -0.1) is 0 Å². The van der Waals surface area contributed by atoms with Crippen LogP contribution in [-0.2, 0) is 22.7 Å². The highest BCUT2D eigenvalue weighted by atomic mass is 35.5. The lowest BCUT2D eigenvalue weighted by Crippen LogP contribution is -2.17. The average Bonchev–Trinajstić information content (AvgIpc) is 3.43. The number of aromatic nitrogens is 2. The Morgan fingerprint density at radius 2 is 1.76 bits per heavy atom. The van der Waals surface area contributed by atoms with Gasteiger partial charge >= 0.3 is 6.18 Å². The number of hydrogen-bond acceptors (Lipinski definition) is 6. The predicted molar refractivity (Wildman–Crippen MR) is 147 cm³/mol. The Bertz CT molecular complexity index is 1920. The van der Waals surface area contributed by atoms with E-state index in [-0.39, 0.29) is 50.2 Å². The second-order valence-electron chi connectivity index (χ2n) is 8.80. The fourth-order valence-corrected chi connectivity index (χ4v) is 5.80. The molecule has 0 radical (unpaired) electrons. The molecule has 5 aromatic rings. The van der Waals surface area contributed by atoms with Crippen LogP contribution in [0.2, 0.25) is 5.02 Å². The minimum Gasteiger partial charge on any atom is -0.379 e. The van der Waals surface area contributed by atoms with Crippen LogP contribution < -0.4 is 10.6 Å². The first kappa shape index (κ1) is 27.9. The van der Waals surface area contributed by atoms with Gasteiger partial charge in [-0.25, -0.2) is 16.8 Å². The molecule has 0 aliphatic rings. The van der Waals surface area contributed by atoms with E-state index in [2.05, 4.69) is 15.6 Å². The van der Waals surface area contributed by atoms with E-state index in [1.165, 1.54) is 48.7 Å². The van der Waals surface area contributed by atoms with Gasteiger partial charge in [-0.2, -0.15) is 18.4 Å². The van der Waals surface area contributed by atoms with Gasteiger partial charge in [0.15, 0.2) is 0 Å². The number of fused-ring (bicyclic) bond motifs is 1. The van der Waals surface area contributed by atoms with E-state index in [1.807, 2.05) is 6.07 Å². The molecule has 5 rings (SSSR count). The van der Waals surface area contributed by atoms with Crippen molar-refractivity contribution in [3.8, 4) is 6.07 Å². The molecule has 0 unspecified atom stereocenters. The van der Waals surface area contributed by atoms with Crippen LogP contribution in [0, 0.1) is 17.1 Å². The van der Waals surface area contributed by atoms with E-state index in [4.69, 9.17) is 11.6 Å². The number of nitrogens with zero attached hydrogens (tertiary/aromatic N) is 3. The molecule has 0 fully saturated rings. The smallest absolute Gasteiger partial charge is 0.379 e. The number of nitrogens with one attached hydrogen (secondary N) is 2. The molecular weight excluding hydrogens is 582 g/mol. The summed E-state index contributed by atoms with van der Waals surface area (Å²) in [6.07, 6.45) is -2.45. The van der Waals surface area contributed by atoms with Crippen molar-refractivity contribution >= 4 is 49.6 Å². The van der Waals surface area contributed by atoms with Crippen molar-refractivity contribution in [2.75, 3.05) is 10.6 Å². The van der Waals surface area contributed by atoms with Gasteiger partial charge in [-0.1, -0.05) is 29.8 Å². The van der Waals surface area contributed by atoms with Crippen molar-refractivity contribution in [1.82, 2.24) is 8.96 Å². The third-order valence-electron chi connectivity index (χ3n) is 6.15. The quantitative estimate of drug-likeness (QED) is 0.190. The van der Waals surface area contributed by atoms with Crippen LogP contribution >= 0.6 is 11.6 Å². The molecule has 0 spiro atoms. The highest BCUT2D eigenvalue weighted by Gasteiger charge is 2.34. The van der Waals surface area contributed by atoms with Crippen molar-refractivity contribution in [3.05, 3.63) is 113 Å². The average molecular weight is 600 g/mol. The SMILES string of the molecule is N#Cc1cnc2c(C(F)(F)F)cc(NCc3cccn3S(=O)(=O)c3ccccc3)cc2c1Nc1ccc(F)c(Cl)c1. The van der Waals surface area contributed by atoms with Crippen LogP contribution in [0.25, 0.3) is 10.9 Å². The molecule has 2 heterocycles. The van der Waals surface area contributed by atoms with Crippen molar-refractivity contribution in [2.45, 2.75) is 17.6 Å². The summed E-state index contributed by atoms with van der Waals surface area (Å²) in [5.41, 5.74) is -1.06.